The van der Waals surface area contributed by atoms with Crippen molar-refractivity contribution in [3.05, 3.63) is 94.5 Å². The van der Waals surface area contributed by atoms with Crippen LogP contribution in [0.1, 0.15) is 26.3 Å². The molecule has 0 unspecified atom stereocenters. The zero-order chi connectivity index (χ0) is 19.2. The first kappa shape index (κ1) is 18.5. The predicted molar refractivity (Wildman–Crippen MR) is 104 cm³/mol. The first-order valence-corrected chi connectivity index (χ1v) is 8.52. The fourth-order valence-electron chi connectivity index (χ4n) is 2.42. The van der Waals surface area contributed by atoms with E-state index in [0.717, 1.165) is 5.56 Å². The van der Waals surface area contributed by atoms with E-state index < -0.39 is 5.97 Å². The van der Waals surface area contributed by atoms with Gasteiger partial charge in [-0.1, -0.05) is 35.9 Å². The SMILES string of the molecule is O=C(O)c1cccc(COc2ccc(C(=O)Nc3ccccc3Cl)cc2)c1. The van der Waals surface area contributed by atoms with Gasteiger partial charge in [-0.25, -0.2) is 4.79 Å². The molecule has 0 aromatic heterocycles. The molecule has 136 valence electrons. The number of hydrogen-bond acceptors (Lipinski definition) is 3. The number of carboxylic acid groups (broad SMARTS) is 1. The van der Waals surface area contributed by atoms with Gasteiger partial charge in [-0.3, -0.25) is 4.79 Å². The lowest BCUT2D eigenvalue weighted by Crippen LogP contribution is -2.12. The zero-order valence-corrected chi connectivity index (χ0v) is 14.9. The molecular weight excluding hydrogens is 366 g/mol. The first-order chi connectivity index (χ1) is 13.0. The van der Waals surface area contributed by atoms with Gasteiger partial charge in [0.15, 0.2) is 0 Å². The quantitative estimate of drug-likeness (QED) is 0.638. The van der Waals surface area contributed by atoms with E-state index in [1.165, 1.54) is 6.07 Å². The molecule has 0 saturated carbocycles. The van der Waals surface area contributed by atoms with E-state index in [1.54, 1.807) is 66.7 Å². The molecule has 0 fully saturated rings. The van der Waals surface area contributed by atoms with E-state index in [-0.39, 0.29) is 18.1 Å². The number of carbonyl (C=O) groups excluding carboxylic acids is 1. The molecule has 1 amide bonds. The third-order valence-electron chi connectivity index (χ3n) is 3.82. The van der Waals surface area contributed by atoms with Crippen molar-refractivity contribution in [2.75, 3.05) is 5.32 Å². The maximum Gasteiger partial charge on any atom is 0.335 e. The molecule has 3 aromatic carbocycles. The van der Waals surface area contributed by atoms with Crippen molar-refractivity contribution in [2.45, 2.75) is 6.61 Å². The Bertz CT molecular complexity index is 970. The van der Waals surface area contributed by atoms with Crippen LogP contribution < -0.4 is 10.1 Å². The van der Waals surface area contributed by atoms with Crippen LogP contribution in [0.25, 0.3) is 0 Å². The number of ether oxygens (including phenoxy) is 1. The molecule has 0 aliphatic heterocycles. The molecule has 0 radical (unpaired) electrons. The van der Waals surface area contributed by atoms with Gasteiger partial charge in [0.05, 0.1) is 16.3 Å². The number of hydrogen-bond donors (Lipinski definition) is 2. The number of nitrogens with one attached hydrogen (secondary N) is 1. The lowest BCUT2D eigenvalue weighted by Gasteiger charge is -2.09. The molecule has 0 bridgehead atoms. The van der Waals surface area contributed by atoms with Gasteiger partial charge in [0, 0.05) is 5.56 Å². The number of aromatic carboxylic acids is 1. The molecule has 2 N–H and O–H groups in total. The van der Waals surface area contributed by atoms with E-state index in [0.29, 0.717) is 22.0 Å². The summed E-state index contributed by atoms with van der Waals surface area (Å²) in [7, 11) is 0. The number of rotatable bonds is 6. The van der Waals surface area contributed by atoms with Crippen molar-refractivity contribution in [3.8, 4) is 5.75 Å². The molecule has 6 heteroatoms. The number of amides is 1. The second-order valence-corrected chi connectivity index (χ2v) is 6.16. The number of benzene rings is 3. The van der Waals surface area contributed by atoms with Gasteiger partial charge < -0.3 is 15.2 Å². The highest BCUT2D eigenvalue weighted by molar-refractivity contribution is 6.33. The maximum absolute atomic E-state index is 12.3. The van der Waals surface area contributed by atoms with E-state index in [9.17, 15) is 9.59 Å². The van der Waals surface area contributed by atoms with E-state index in [4.69, 9.17) is 21.4 Å². The van der Waals surface area contributed by atoms with E-state index in [1.807, 2.05) is 0 Å². The summed E-state index contributed by atoms with van der Waals surface area (Å²) in [5.74, 6) is -0.681. The summed E-state index contributed by atoms with van der Waals surface area (Å²) < 4.78 is 5.65. The number of carboxylic acids is 1. The molecule has 0 aliphatic carbocycles. The molecule has 3 rings (SSSR count). The Morgan fingerprint density at radius 3 is 2.37 bits per heavy atom. The van der Waals surface area contributed by atoms with Crippen molar-refractivity contribution < 1.29 is 19.4 Å². The Labute approximate surface area is 161 Å². The van der Waals surface area contributed by atoms with Crippen LogP contribution in [0.15, 0.2) is 72.8 Å². The molecule has 0 heterocycles. The fraction of sp³-hybridized carbons (Fsp3) is 0.0476. The van der Waals surface area contributed by atoms with Gasteiger partial charge in [-0.2, -0.15) is 0 Å². The van der Waals surface area contributed by atoms with Crippen molar-refractivity contribution in [1.29, 1.82) is 0 Å². The zero-order valence-electron chi connectivity index (χ0n) is 14.2. The molecule has 27 heavy (non-hydrogen) atoms. The number of para-hydroxylation sites is 1. The summed E-state index contributed by atoms with van der Waals surface area (Å²) in [6, 6.07) is 20.2. The monoisotopic (exact) mass is 381 g/mol. The molecule has 0 spiro atoms. The molecule has 0 aliphatic rings. The topological polar surface area (TPSA) is 75.6 Å². The Hall–Kier alpha value is -3.31. The number of carbonyl (C=O) groups is 2. The van der Waals surface area contributed by atoms with Crippen molar-refractivity contribution in [2.24, 2.45) is 0 Å². The van der Waals surface area contributed by atoms with Crippen molar-refractivity contribution in [3.63, 3.8) is 0 Å². The summed E-state index contributed by atoms with van der Waals surface area (Å²) in [6.07, 6.45) is 0. The Morgan fingerprint density at radius 1 is 0.926 bits per heavy atom. The van der Waals surface area contributed by atoms with E-state index >= 15 is 0 Å². The Morgan fingerprint density at radius 2 is 1.67 bits per heavy atom. The van der Waals surface area contributed by atoms with Gasteiger partial charge in [-0.15, -0.1) is 0 Å². The average Bonchev–Trinajstić information content (AvgIpc) is 2.68. The minimum atomic E-state index is -0.981. The van der Waals surface area contributed by atoms with Crippen LogP contribution in [0.5, 0.6) is 5.75 Å². The largest absolute Gasteiger partial charge is 0.489 e. The van der Waals surface area contributed by atoms with Gasteiger partial charge in [-0.05, 0) is 54.1 Å². The molecule has 3 aromatic rings. The standard InChI is InChI=1S/C21H16ClNO4/c22-18-6-1-2-7-19(18)23-20(24)15-8-10-17(11-9-15)27-13-14-4-3-5-16(12-14)21(25)26/h1-12H,13H2,(H,23,24)(H,25,26). The molecule has 0 saturated heterocycles. The molecule has 0 atom stereocenters. The Kier molecular flexibility index (Phi) is 5.74. The fourth-order valence-corrected chi connectivity index (χ4v) is 2.60. The van der Waals surface area contributed by atoms with Crippen LogP contribution in [0.4, 0.5) is 5.69 Å². The normalized spacial score (nSPS) is 10.3. The third kappa shape index (κ3) is 4.86. The second-order valence-electron chi connectivity index (χ2n) is 5.75. The highest BCUT2D eigenvalue weighted by Crippen LogP contribution is 2.22. The van der Waals surface area contributed by atoms with Crippen LogP contribution in [0.2, 0.25) is 5.02 Å². The molecule has 5 nitrogen and oxygen atoms in total. The van der Waals surface area contributed by atoms with Crippen LogP contribution in [-0.2, 0) is 6.61 Å². The van der Waals surface area contributed by atoms with Crippen LogP contribution >= 0.6 is 11.6 Å². The molecular formula is C21H16ClNO4. The van der Waals surface area contributed by atoms with Crippen LogP contribution in [-0.4, -0.2) is 17.0 Å². The number of halogens is 1. The minimum Gasteiger partial charge on any atom is -0.489 e. The van der Waals surface area contributed by atoms with Gasteiger partial charge in [0.25, 0.3) is 5.91 Å². The lowest BCUT2D eigenvalue weighted by molar-refractivity contribution is 0.0696. The third-order valence-corrected chi connectivity index (χ3v) is 4.15. The average molecular weight is 382 g/mol. The smallest absolute Gasteiger partial charge is 0.335 e. The maximum atomic E-state index is 12.3. The van der Waals surface area contributed by atoms with Crippen molar-refractivity contribution in [1.82, 2.24) is 0 Å². The minimum absolute atomic E-state index is 0.211. The van der Waals surface area contributed by atoms with E-state index in [2.05, 4.69) is 5.32 Å². The Balaban J connectivity index is 1.62. The highest BCUT2D eigenvalue weighted by atomic mass is 35.5. The summed E-state index contributed by atoms with van der Waals surface area (Å²) in [6.45, 7) is 0.228. The number of anilines is 1. The predicted octanol–water partition coefficient (Wildman–Crippen LogP) is 4.87. The summed E-state index contributed by atoms with van der Waals surface area (Å²) >= 11 is 6.04. The van der Waals surface area contributed by atoms with Crippen LogP contribution in [0.3, 0.4) is 0 Å². The summed E-state index contributed by atoms with van der Waals surface area (Å²) in [4.78, 5) is 23.3. The van der Waals surface area contributed by atoms with Gasteiger partial charge >= 0.3 is 5.97 Å². The first-order valence-electron chi connectivity index (χ1n) is 8.14. The lowest BCUT2D eigenvalue weighted by atomic mass is 10.1. The highest BCUT2D eigenvalue weighted by Gasteiger charge is 2.09. The van der Waals surface area contributed by atoms with Gasteiger partial charge in [0.1, 0.15) is 12.4 Å². The van der Waals surface area contributed by atoms with Crippen LogP contribution in [0, 0.1) is 0 Å². The summed E-state index contributed by atoms with van der Waals surface area (Å²) in [5, 5.41) is 12.2. The second kappa shape index (κ2) is 8.38. The van der Waals surface area contributed by atoms with Gasteiger partial charge in [0.2, 0.25) is 0 Å². The van der Waals surface area contributed by atoms with Crippen molar-refractivity contribution >= 4 is 29.2 Å². The summed E-state index contributed by atoms with van der Waals surface area (Å²) in [5.41, 5.74) is 1.97.